The van der Waals surface area contributed by atoms with Crippen molar-refractivity contribution in [2.45, 2.75) is 19.9 Å². The predicted molar refractivity (Wildman–Crippen MR) is 95.8 cm³/mol. The normalized spacial score (nSPS) is 10.0. The van der Waals surface area contributed by atoms with Crippen molar-refractivity contribution in [1.29, 1.82) is 0 Å². The van der Waals surface area contributed by atoms with Crippen molar-refractivity contribution < 1.29 is 19.1 Å². The lowest BCUT2D eigenvalue weighted by atomic mass is 10.1. The molecule has 0 bridgehead atoms. The van der Waals surface area contributed by atoms with Crippen molar-refractivity contribution in [3.63, 3.8) is 0 Å². The van der Waals surface area contributed by atoms with Crippen LogP contribution in [0.15, 0.2) is 42.5 Å². The van der Waals surface area contributed by atoms with Crippen LogP contribution in [0.2, 0.25) is 0 Å². The second-order valence-corrected chi connectivity index (χ2v) is 5.51. The van der Waals surface area contributed by atoms with Gasteiger partial charge in [0.05, 0.1) is 20.6 Å². The quantitative estimate of drug-likeness (QED) is 0.811. The summed E-state index contributed by atoms with van der Waals surface area (Å²) in [5.41, 5.74) is 2.47. The highest BCUT2D eigenvalue weighted by Gasteiger charge is 2.10. The van der Waals surface area contributed by atoms with E-state index < -0.39 is 0 Å². The maximum Gasteiger partial charge on any atom is 0.224 e. The highest BCUT2D eigenvalue weighted by Crippen LogP contribution is 2.24. The van der Waals surface area contributed by atoms with Crippen LogP contribution in [0.1, 0.15) is 18.1 Å². The first-order valence-electron chi connectivity index (χ1n) is 7.86. The van der Waals surface area contributed by atoms with Crippen LogP contribution in [0, 0.1) is 0 Å². The minimum Gasteiger partial charge on any atom is -0.497 e. The van der Waals surface area contributed by atoms with Crippen molar-refractivity contribution in [2.24, 2.45) is 0 Å². The molecule has 0 aliphatic carbocycles. The molecule has 2 N–H and O–H groups in total. The van der Waals surface area contributed by atoms with E-state index in [9.17, 15) is 9.59 Å². The average molecular weight is 342 g/mol. The Balaban J connectivity index is 1.91. The van der Waals surface area contributed by atoms with Crippen LogP contribution in [0.25, 0.3) is 0 Å². The summed E-state index contributed by atoms with van der Waals surface area (Å²) in [5.74, 6) is 1.08. The van der Waals surface area contributed by atoms with Gasteiger partial charge in [-0.3, -0.25) is 9.59 Å². The zero-order chi connectivity index (χ0) is 18.2. The topological polar surface area (TPSA) is 76.7 Å². The standard InChI is InChI=1S/C19H22N2O4/c1-13(22)21-16-7-4-14(5-8-16)12-20-19(23)10-15-6-9-17(24-2)11-18(15)25-3/h4-9,11H,10,12H2,1-3H3,(H,20,23)(H,21,22). The molecule has 0 aliphatic rings. The molecule has 0 aromatic heterocycles. The number of benzene rings is 2. The molecule has 0 radical (unpaired) electrons. The van der Waals surface area contributed by atoms with E-state index in [1.165, 1.54) is 6.92 Å². The van der Waals surface area contributed by atoms with Crippen LogP contribution in [-0.2, 0) is 22.6 Å². The summed E-state index contributed by atoms with van der Waals surface area (Å²) in [6.45, 7) is 1.87. The van der Waals surface area contributed by atoms with Gasteiger partial charge in [0.2, 0.25) is 11.8 Å². The number of rotatable bonds is 7. The molecule has 6 heteroatoms. The third kappa shape index (κ3) is 5.53. The summed E-state index contributed by atoms with van der Waals surface area (Å²) in [6.07, 6.45) is 0.219. The third-order valence-corrected chi connectivity index (χ3v) is 3.61. The van der Waals surface area contributed by atoms with Gasteiger partial charge in [-0.25, -0.2) is 0 Å². The number of ether oxygens (including phenoxy) is 2. The smallest absolute Gasteiger partial charge is 0.224 e. The summed E-state index contributed by atoms with van der Waals surface area (Å²) >= 11 is 0. The van der Waals surface area contributed by atoms with Crippen molar-refractivity contribution in [3.05, 3.63) is 53.6 Å². The molecule has 0 unspecified atom stereocenters. The molecule has 0 saturated carbocycles. The molecule has 2 rings (SSSR count). The van der Waals surface area contributed by atoms with Gasteiger partial charge in [0.15, 0.2) is 0 Å². The molecule has 2 amide bonds. The summed E-state index contributed by atoms with van der Waals surface area (Å²) in [6, 6.07) is 12.7. The first kappa shape index (κ1) is 18.3. The van der Waals surface area contributed by atoms with Gasteiger partial charge in [-0.05, 0) is 23.8 Å². The Kier molecular flexibility index (Phi) is 6.39. The Hall–Kier alpha value is -3.02. The second-order valence-electron chi connectivity index (χ2n) is 5.51. The molecular formula is C19H22N2O4. The Morgan fingerprint density at radius 2 is 1.72 bits per heavy atom. The molecular weight excluding hydrogens is 320 g/mol. The summed E-state index contributed by atoms with van der Waals surface area (Å²) < 4.78 is 10.5. The van der Waals surface area contributed by atoms with E-state index in [-0.39, 0.29) is 18.2 Å². The van der Waals surface area contributed by atoms with Gasteiger partial charge in [0.1, 0.15) is 11.5 Å². The Bertz CT molecular complexity index is 742. The molecule has 0 spiro atoms. The number of hydrogen-bond acceptors (Lipinski definition) is 4. The van der Waals surface area contributed by atoms with Crippen LogP contribution in [0.3, 0.4) is 0 Å². The van der Waals surface area contributed by atoms with Crippen molar-refractivity contribution >= 4 is 17.5 Å². The summed E-state index contributed by atoms with van der Waals surface area (Å²) in [5, 5.41) is 5.58. The van der Waals surface area contributed by atoms with Gasteiger partial charge in [-0.15, -0.1) is 0 Å². The van der Waals surface area contributed by atoms with E-state index >= 15 is 0 Å². The van der Waals surface area contributed by atoms with Gasteiger partial charge in [0.25, 0.3) is 0 Å². The molecule has 0 heterocycles. The monoisotopic (exact) mass is 342 g/mol. The fourth-order valence-electron chi connectivity index (χ4n) is 2.34. The number of nitrogens with one attached hydrogen (secondary N) is 2. The Labute approximate surface area is 147 Å². The minimum atomic E-state index is -0.116. The molecule has 0 atom stereocenters. The van der Waals surface area contributed by atoms with Crippen molar-refractivity contribution in [3.8, 4) is 11.5 Å². The van der Waals surface area contributed by atoms with Crippen LogP contribution in [-0.4, -0.2) is 26.0 Å². The number of hydrogen-bond donors (Lipinski definition) is 2. The molecule has 2 aromatic rings. The van der Waals surface area contributed by atoms with Gasteiger partial charge in [0, 0.05) is 30.8 Å². The van der Waals surface area contributed by atoms with Crippen LogP contribution in [0.4, 0.5) is 5.69 Å². The van der Waals surface area contributed by atoms with Crippen LogP contribution in [0.5, 0.6) is 11.5 Å². The van der Waals surface area contributed by atoms with Crippen LogP contribution >= 0.6 is 0 Å². The number of carbonyl (C=O) groups is 2. The maximum absolute atomic E-state index is 12.2. The van der Waals surface area contributed by atoms with E-state index in [4.69, 9.17) is 9.47 Å². The number of methoxy groups -OCH3 is 2. The highest BCUT2D eigenvalue weighted by molar-refractivity contribution is 5.88. The lowest BCUT2D eigenvalue weighted by molar-refractivity contribution is -0.120. The molecule has 0 fully saturated rings. The minimum absolute atomic E-state index is 0.102. The third-order valence-electron chi connectivity index (χ3n) is 3.61. The first-order chi connectivity index (χ1) is 12.0. The molecule has 0 aliphatic heterocycles. The zero-order valence-corrected chi connectivity index (χ0v) is 14.6. The van der Waals surface area contributed by atoms with Gasteiger partial charge in [-0.1, -0.05) is 18.2 Å². The van der Waals surface area contributed by atoms with E-state index in [0.717, 1.165) is 16.8 Å². The molecule has 0 saturated heterocycles. The highest BCUT2D eigenvalue weighted by atomic mass is 16.5. The van der Waals surface area contributed by atoms with E-state index in [1.54, 1.807) is 38.5 Å². The fraction of sp³-hybridized carbons (Fsp3) is 0.263. The summed E-state index contributed by atoms with van der Waals surface area (Å²) in [7, 11) is 3.14. The first-order valence-corrected chi connectivity index (χ1v) is 7.86. The van der Waals surface area contributed by atoms with Gasteiger partial charge in [-0.2, -0.15) is 0 Å². The second kappa shape index (κ2) is 8.73. The average Bonchev–Trinajstić information content (AvgIpc) is 2.61. The van der Waals surface area contributed by atoms with E-state index in [2.05, 4.69) is 10.6 Å². The van der Waals surface area contributed by atoms with Crippen molar-refractivity contribution in [1.82, 2.24) is 5.32 Å². The van der Waals surface area contributed by atoms with Gasteiger partial charge < -0.3 is 20.1 Å². The maximum atomic E-state index is 12.2. The van der Waals surface area contributed by atoms with Gasteiger partial charge >= 0.3 is 0 Å². The summed E-state index contributed by atoms with van der Waals surface area (Å²) in [4.78, 5) is 23.2. The number of amides is 2. The lowest BCUT2D eigenvalue weighted by Crippen LogP contribution is -2.24. The largest absolute Gasteiger partial charge is 0.497 e. The zero-order valence-electron chi connectivity index (χ0n) is 14.6. The predicted octanol–water partition coefficient (Wildman–Crippen LogP) is 2.52. The fourth-order valence-corrected chi connectivity index (χ4v) is 2.34. The SMILES string of the molecule is COc1ccc(CC(=O)NCc2ccc(NC(C)=O)cc2)c(OC)c1. The van der Waals surface area contributed by atoms with E-state index in [0.29, 0.717) is 18.0 Å². The van der Waals surface area contributed by atoms with Crippen LogP contribution < -0.4 is 20.1 Å². The molecule has 6 nitrogen and oxygen atoms in total. The number of anilines is 1. The lowest BCUT2D eigenvalue weighted by Gasteiger charge is -2.11. The molecule has 2 aromatic carbocycles. The Morgan fingerprint density at radius 1 is 1.00 bits per heavy atom. The number of carbonyl (C=O) groups excluding carboxylic acids is 2. The molecule has 132 valence electrons. The van der Waals surface area contributed by atoms with Crippen molar-refractivity contribution in [2.75, 3.05) is 19.5 Å². The van der Waals surface area contributed by atoms with E-state index in [1.807, 2.05) is 18.2 Å². The Morgan fingerprint density at radius 3 is 2.32 bits per heavy atom. The molecule has 25 heavy (non-hydrogen) atoms.